The van der Waals surface area contributed by atoms with E-state index >= 15 is 0 Å². The van der Waals surface area contributed by atoms with Crippen molar-refractivity contribution in [2.75, 3.05) is 0 Å². The maximum atomic E-state index is 10.4. The monoisotopic (exact) mass is 162 g/mol. The average molecular weight is 162 g/mol. The Balaban J connectivity index is 2.79. The van der Waals surface area contributed by atoms with Gasteiger partial charge < -0.3 is 4.52 Å². The zero-order valence-corrected chi connectivity index (χ0v) is 6.44. The number of fused-ring (bicyclic) bond motifs is 1. The molecule has 4 heteroatoms. The van der Waals surface area contributed by atoms with Crippen LogP contribution >= 0.6 is 0 Å². The summed E-state index contributed by atoms with van der Waals surface area (Å²) in [4.78, 5) is 14.3. The van der Waals surface area contributed by atoms with Crippen molar-refractivity contribution in [3.8, 4) is 0 Å². The highest BCUT2D eigenvalue weighted by Crippen LogP contribution is 2.15. The van der Waals surface area contributed by atoms with E-state index in [2.05, 4.69) is 10.1 Å². The molecule has 0 aliphatic rings. The number of carbonyl (C=O) groups is 1. The molecule has 0 spiro atoms. The smallest absolute Gasteiger partial charge is 0.257 e. The van der Waals surface area contributed by atoms with Crippen molar-refractivity contribution >= 4 is 17.4 Å². The molecule has 0 N–H and O–H groups in total. The largest absolute Gasteiger partial charge is 0.336 e. The molecule has 2 aromatic rings. The van der Waals surface area contributed by atoms with Crippen LogP contribution in [0.15, 0.2) is 16.8 Å². The van der Waals surface area contributed by atoms with E-state index in [0.717, 1.165) is 17.4 Å². The van der Waals surface area contributed by atoms with E-state index in [4.69, 9.17) is 4.52 Å². The molecule has 4 nitrogen and oxygen atoms in total. The minimum absolute atomic E-state index is 0.470. The molecule has 0 radical (unpaired) electrons. The Morgan fingerprint density at radius 3 is 3.17 bits per heavy atom. The van der Waals surface area contributed by atoms with Crippen molar-refractivity contribution in [3.05, 3.63) is 23.5 Å². The Morgan fingerprint density at radius 2 is 2.42 bits per heavy atom. The lowest BCUT2D eigenvalue weighted by Gasteiger charge is -1.87. The quantitative estimate of drug-likeness (QED) is 0.594. The maximum Gasteiger partial charge on any atom is 0.257 e. The molecule has 0 aliphatic carbocycles. The van der Waals surface area contributed by atoms with Crippen LogP contribution in [0.3, 0.4) is 0 Å². The van der Waals surface area contributed by atoms with E-state index in [9.17, 15) is 4.79 Å². The van der Waals surface area contributed by atoms with Gasteiger partial charge in [-0.2, -0.15) is 0 Å². The molecule has 0 fully saturated rings. The van der Waals surface area contributed by atoms with Gasteiger partial charge in [-0.05, 0) is 13.0 Å². The summed E-state index contributed by atoms with van der Waals surface area (Å²) in [5.74, 6) is 0. The third-order valence-electron chi connectivity index (χ3n) is 1.67. The van der Waals surface area contributed by atoms with Crippen LogP contribution in [0.25, 0.3) is 11.1 Å². The summed E-state index contributed by atoms with van der Waals surface area (Å²) >= 11 is 0. The lowest BCUT2D eigenvalue weighted by Crippen LogP contribution is -1.82. The zero-order chi connectivity index (χ0) is 8.55. The van der Waals surface area contributed by atoms with Crippen LogP contribution in [-0.2, 0) is 0 Å². The van der Waals surface area contributed by atoms with E-state index in [-0.39, 0.29) is 0 Å². The molecule has 60 valence electrons. The minimum atomic E-state index is 0.470. The predicted molar refractivity (Wildman–Crippen MR) is 41.9 cm³/mol. The fourth-order valence-electron chi connectivity index (χ4n) is 1.03. The number of hydrogen-bond acceptors (Lipinski definition) is 4. The maximum absolute atomic E-state index is 10.4. The first-order valence-electron chi connectivity index (χ1n) is 3.48. The van der Waals surface area contributed by atoms with Crippen LogP contribution in [-0.4, -0.2) is 16.4 Å². The van der Waals surface area contributed by atoms with Crippen LogP contribution in [0.2, 0.25) is 0 Å². The molecular weight excluding hydrogens is 156 g/mol. The van der Waals surface area contributed by atoms with Crippen LogP contribution in [0.5, 0.6) is 0 Å². The molecule has 2 rings (SSSR count). The Hall–Kier alpha value is -1.71. The molecule has 0 unspecified atom stereocenters. The fourth-order valence-corrected chi connectivity index (χ4v) is 1.03. The van der Waals surface area contributed by atoms with Crippen molar-refractivity contribution in [2.24, 2.45) is 0 Å². The third-order valence-corrected chi connectivity index (χ3v) is 1.67. The fraction of sp³-hybridized carbons (Fsp3) is 0.125. The average Bonchev–Trinajstić information content (AvgIpc) is 2.47. The van der Waals surface area contributed by atoms with E-state index in [1.807, 2.05) is 6.92 Å². The van der Waals surface area contributed by atoms with Gasteiger partial charge in [-0.15, -0.1) is 0 Å². The highest BCUT2D eigenvalue weighted by Gasteiger charge is 2.04. The second kappa shape index (κ2) is 2.41. The van der Waals surface area contributed by atoms with Gasteiger partial charge in [-0.25, -0.2) is 4.98 Å². The first-order chi connectivity index (χ1) is 5.81. The van der Waals surface area contributed by atoms with E-state index < -0.39 is 0 Å². The number of hydrogen-bond donors (Lipinski definition) is 0. The van der Waals surface area contributed by atoms with Crippen LogP contribution in [0.1, 0.15) is 16.1 Å². The summed E-state index contributed by atoms with van der Waals surface area (Å²) in [5, 5.41) is 4.51. The number of aromatic nitrogens is 2. The molecule has 0 aliphatic heterocycles. The van der Waals surface area contributed by atoms with Gasteiger partial charge >= 0.3 is 0 Å². The van der Waals surface area contributed by atoms with E-state index in [1.54, 1.807) is 6.07 Å². The van der Waals surface area contributed by atoms with Gasteiger partial charge in [-0.3, -0.25) is 4.79 Å². The molecule has 0 amide bonds. The molecule has 0 bridgehead atoms. The number of aldehydes is 1. The SMILES string of the molecule is Cc1noc2ncc(C=O)cc12. The van der Waals surface area contributed by atoms with Crippen molar-refractivity contribution in [1.29, 1.82) is 0 Å². The van der Waals surface area contributed by atoms with Crippen molar-refractivity contribution in [2.45, 2.75) is 6.92 Å². The van der Waals surface area contributed by atoms with Crippen LogP contribution in [0.4, 0.5) is 0 Å². The first-order valence-corrected chi connectivity index (χ1v) is 3.48. The molecule has 0 aromatic carbocycles. The number of rotatable bonds is 1. The van der Waals surface area contributed by atoms with Crippen LogP contribution < -0.4 is 0 Å². The summed E-state index contributed by atoms with van der Waals surface area (Å²) in [7, 11) is 0. The summed E-state index contributed by atoms with van der Waals surface area (Å²) in [5.41, 5.74) is 1.76. The standard InChI is InChI=1S/C8H6N2O2/c1-5-7-2-6(4-11)3-9-8(7)12-10-5/h2-4H,1H3. The van der Waals surface area contributed by atoms with E-state index in [0.29, 0.717) is 11.3 Å². The topological polar surface area (TPSA) is 56.0 Å². The van der Waals surface area contributed by atoms with Crippen molar-refractivity contribution in [3.63, 3.8) is 0 Å². The van der Waals surface area contributed by atoms with Gasteiger partial charge in [0.25, 0.3) is 5.71 Å². The zero-order valence-electron chi connectivity index (χ0n) is 6.44. The molecule has 0 atom stereocenters. The van der Waals surface area contributed by atoms with Crippen LogP contribution in [0, 0.1) is 6.92 Å². The van der Waals surface area contributed by atoms with Crippen molar-refractivity contribution < 1.29 is 9.32 Å². The van der Waals surface area contributed by atoms with Gasteiger partial charge in [0.15, 0.2) is 6.29 Å². The Kier molecular flexibility index (Phi) is 1.40. The first kappa shape index (κ1) is 6.97. The minimum Gasteiger partial charge on any atom is -0.336 e. The van der Waals surface area contributed by atoms with Gasteiger partial charge in [-0.1, -0.05) is 5.16 Å². The molecule has 0 saturated heterocycles. The summed E-state index contributed by atoms with van der Waals surface area (Å²) in [6.07, 6.45) is 2.21. The predicted octanol–water partition coefficient (Wildman–Crippen LogP) is 1.34. The third kappa shape index (κ3) is 0.887. The summed E-state index contributed by atoms with van der Waals surface area (Å²) in [6.45, 7) is 1.81. The molecule has 2 aromatic heterocycles. The lowest BCUT2D eigenvalue weighted by atomic mass is 10.2. The highest BCUT2D eigenvalue weighted by atomic mass is 16.5. The normalized spacial score (nSPS) is 10.4. The number of carbonyl (C=O) groups excluding carboxylic acids is 1. The van der Waals surface area contributed by atoms with Gasteiger partial charge in [0.05, 0.1) is 11.1 Å². The number of aryl methyl sites for hydroxylation is 1. The summed E-state index contributed by atoms with van der Waals surface area (Å²) < 4.78 is 4.87. The molecular formula is C8H6N2O2. The van der Waals surface area contributed by atoms with Gasteiger partial charge in [0, 0.05) is 11.8 Å². The van der Waals surface area contributed by atoms with Gasteiger partial charge in [0.1, 0.15) is 0 Å². The summed E-state index contributed by atoms with van der Waals surface area (Å²) in [6, 6.07) is 1.71. The second-order valence-electron chi connectivity index (χ2n) is 2.51. The molecule has 2 heterocycles. The lowest BCUT2D eigenvalue weighted by molar-refractivity contribution is 0.112. The Labute approximate surface area is 68.2 Å². The van der Waals surface area contributed by atoms with E-state index in [1.165, 1.54) is 6.20 Å². The second-order valence-corrected chi connectivity index (χ2v) is 2.51. The van der Waals surface area contributed by atoms with Crippen molar-refractivity contribution in [1.82, 2.24) is 10.1 Å². The Morgan fingerprint density at radius 1 is 1.58 bits per heavy atom. The number of nitrogens with zero attached hydrogens (tertiary/aromatic N) is 2. The Bertz CT molecular complexity index is 434. The highest BCUT2D eigenvalue weighted by molar-refractivity contribution is 5.84. The number of pyridine rings is 1. The molecule has 12 heavy (non-hydrogen) atoms. The molecule has 0 saturated carbocycles. The van der Waals surface area contributed by atoms with Gasteiger partial charge in [0.2, 0.25) is 0 Å².